The van der Waals surface area contributed by atoms with Gasteiger partial charge in [-0.2, -0.15) is 4.57 Å². The van der Waals surface area contributed by atoms with Crippen molar-refractivity contribution in [1.29, 1.82) is 0 Å². The molecule has 0 amide bonds. The van der Waals surface area contributed by atoms with Crippen molar-refractivity contribution in [3.63, 3.8) is 0 Å². The molecular formula is C37H45N2O5S+. The summed E-state index contributed by atoms with van der Waals surface area (Å²) in [5, 5.41) is 21.9. The number of allylic oxidation sites excluding steroid dienone is 4. The molecule has 0 saturated heterocycles. The molecule has 3 aromatic rings. The van der Waals surface area contributed by atoms with Gasteiger partial charge in [-0.05, 0) is 54.8 Å². The number of Topliss-reactive ketones (excluding diaryl/α,β-unsaturated/α-hetero) is 1. The van der Waals surface area contributed by atoms with Gasteiger partial charge in [0.15, 0.2) is 6.54 Å². The molecule has 8 heteroatoms. The van der Waals surface area contributed by atoms with Gasteiger partial charge in [0.25, 0.3) is 5.01 Å². The molecule has 0 fully saturated rings. The number of carbonyl (C=O) groups is 2. The fourth-order valence-electron chi connectivity index (χ4n) is 6.42. The molecule has 0 bridgehead atoms. The van der Waals surface area contributed by atoms with Crippen LogP contribution in [0.15, 0.2) is 65.1 Å². The van der Waals surface area contributed by atoms with E-state index in [1.807, 2.05) is 36.4 Å². The van der Waals surface area contributed by atoms with Crippen molar-refractivity contribution < 1.29 is 29.1 Å². The molecule has 0 unspecified atom stereocenters. The molecule has 1 aromatic heterocycles. The summed E-state index contributed by atoms with van der Waals surface area (Å²) < 4.78 is 8.82. The van der Waals surface area contributed by atoms with Crippen molar-refractivity contribution in [2.24, 2.45) is 0 Å². The average Bonchev–Trinajstić information content (AvgIpc) is 3.48. The molecule has 5 rings (SSSR count). The zero-order valence-corrected chi connectivity index (χ0v) is 27.9. The van der Waals surface area contributed by atoms with Crippen molar-refractivity contribution in [3.8, 4) is 5.75 Å². The second-order valence-corrected chi connectivity index (χ2v) is 13.6. The molecular weight excluding hydrogens is 584 g/mol. The Kier molecular flexibility index (Phi) is 9.82. The summed E-state index contributed by atoms with van der Waals surface area (Å²) in [4.78, 5) is 27.7. The van der Waals surface area contributed by atoms with Gasteiger partial charge in [0.1, 0.15) is 16.2 Å². The fraction of sp³-hybridized carbons (Fsp3) is 0.432. The molecule has 2 heterocycles. The topological polar surface area (TPSA) is 91.0 Å². The summed E-state index contributed by atoms with van der Waals surface area (Å²) in [6.07, 6.45) is 12.5. The van der Waals surface area contributed by atoms with Crippen LogP contribution >= 0.6 is 11.3 Å². The molecule has 45 heavy (non-hydrogen) atoms. The minimum Gasteiger partial charge on any atom is -0.506 e. The number of aromatic nitrogens is 1. The number of methoxy groups -OCH3 is 1. The van der Waals surface area contributed by atoms with Crippen LogP contribution in [0.3, 0.4) is 0 Å². The van der Waals surface area contributed by atoms with Crippen molar-refractivity contribution in [1.82, 2.24) is 0 Å². The number of aromatic carboxylic acids is 1. The van der Waals surface area contributed by atoms with Crippen LogP contribution in [0.25, 0.3) is 16.3 Å². The van der Waals surface area contributed by atoms with Crippen LogP contribution in [0, 0.1) is 0 Å². The summed E-state index contributed by atoms with van der Waals surface area (Å²) in [5.41, 5.74) is 4.13. The minimum absolute atomic E-state index is 0.00369. The molecule has 0 spiro atoms. The molecule has 2 N–H and O–H groups in total. The highest BCUT2D eigenvalue weighted by Crippen LogP contribution is 2.49. The number of carbonyl (C=O) groups excluding carboxylic acids is 1. The number of thiazole rings is 1. The molecule has 7 nitrogen and oxygen atoms in total. The largest absolute Gasteiger partial charge is 0.506 e. The number of rotatable bonds is 14. The predicted octanol–water partition coefficient (Wildman–Crippen LogP) is 8.52. The summed E-state index contributed by atoms with van der Waals surface area (Å²) in [6, 6.07) is 11.3. The number of carboxylic acid groups (broad SMARTS) is 1. The Morgan fingerprint density at radius 3 is 2.40 bits per heavy atom. The van der Waals surface area contributed by atoms with Crippen LogP contribution < -0.4 is 14.2 Å². The van der Waals surface area contributed by atoms with Gasteiger partial charge in [-0.1, -0.05) is 71.1 Å². The maximum Gasteiger partial charge on any atom is 0.335 e. The van der Waals surface area contributed by atoms with Crippen LogP contribution in [0.4, 0.5) is 5.69 Å². The van der Waals surface area contributed by atoms with E-state index >= 15 is 0 Å². The fourth-order valence-corrected chi connectivity index (χ4v) is 7.53. The third kappa shape index (κ3) is 6.30. The molecule has 1 aliphatic heterocycles. The molecule has 2 aliphatic rings. The van der Waals surface area contributed by atoms with Gasteiger partial charge in [-0.3, -0.25) is 4.79 Å². The van der Waals surface area contributed by atoms with Crippen molar-refractivity contribution in [3.05, 3.63) is 81.2 Å². The number of fused-ring (bicyclic) bond motifs is 2. The highest BCUT2D eigenvalue weighted by atomic mass is 32.1. The van der Waals surface area contributed by atoms with Crippen LogP contribution in [0.1, 0.15) is 100.0 Å². The SMILES string of the molecule is CCCCCCN1/C(=C/C2=C(O)C(=C\c3sc4ccc(OC)cc4[n+]3CCCCCC)/C2=O)C(C)(C)c2cc(C(=O)O)ccc21. The van der Waals surface area contributed by atoms with E-state index in [2.05, 4.69) is 37.2 Å². The van der Waals surface area contributed by atoms with Gasteiger partial charge in [-0.15, -0.1) is 0 Å². The van der Waals surface area contributed by atoms with E-state index < -0.39 is 11.4 Å². The first kappa shape index (κ1) is 32.5. The first-order chi connectivity index (χ1) is 21.6. The Bertz CT molecular complexity index is 1710. The average molecular weight is 630 g/mol. The lowest BCUT2D eigenvalue weighted by molar-refractivity contribution is -0.669. The molecule has 1 aliphatic carbocycles. The molecule has 2 aromatic carbocycles. The number of anilines is 1. The lowest BCUT2D eigenvalue weighted by Crippen LogP contribution is -2.35. The highest BCUT2D eigenvalue weighted by molar-refractivity contribution is 7.18. The molecule has 238 valence electrons. The molecule has 0 saturated carbocycles. The third-order valence-electron chi connectivity index (χ3n) is 9.10. The Morgan fingerprint density at radius 2 is 1.73 bits per heavy atom. The number of carboxylic acids is 1. The lowest BCUT2D eigenvalue weighted by Gasteiger charge is -2.29. The minimum atomic E-state index is -0.966. The quantitative estimate of drug-likeness (QED) is 0.106. The van der Waals surface area contributed by atoms with Gasteiger partial charge >= 0.3 is 5.97 Å². The first-order valence-electron chi connectivity index (χ1n) is 16.2. The normalized spacial score (nSPS) is 17.4. The van der Waals surface area contributed by atoms with Crippen molar-refractivity contribution in [2.45, 2.75) is 91.0 Å². The highest BCUT2D eigenvalue weighted by Gasteiger charge is 2.43. The maximum absolute atomic E-state index is 13.7. The second kappa shape index (κ2) is 13.6. The summed E-state index contributed by atoms with van der Waals surface area (Å²) in [7, 11) is 1.66. The van der Waals surface area contributed by atoms with Crippen LogP contribution in [0.2, 0.25) is 0 Å². The maximum atomic E-state index is 13.7. The summed E-state index contributed by atoms with van der Waals surface area (Å²) in [5.74, 6) is -0.360. The molecule has 0 radical (unpaired) electrons. The lowest BCUT2D eigenvalue weighted by atomic mass is 9.80. The van der Waals surface area contributed by atoms with E-state index in [1.54, 1.807) is 30.6 Å². The van der Waals surface area contributed by atoms with Gasteiger partial charge < -0.3 is 19.8 Å². The summed E-state index contributed by atoms with van der Waals surface area (Å²) in [6.45, 7) is 10.1. The number of aryl methyl sites for hydroxylation is 1. The van der Waals surface area contributed by atoms with E-state index in [9.17, 15) is 19.8 Å². The van der Waals surface area contributed by atoms with Crippen molar-refractivity contribution in [2.75, 3.05) is 18.6 Å². The zero-order chi connectivity index (χ0) is 32.3. The number of aliphatic hydroxyl groups excluding tert-OH is 1. The monoisotopic (exact) mass is 629 g/mol. The van der Waals surface area contributed by atoms with E-state index in [1.165, 1.54) is 6.42 Å². The van der Waals surface area contributed by atoms with Crippen molar-refractivity contribution >= 4 is 45.1 Å². The second-order valence-electron chi connectivity index (χ2n) is 12.5. The number of ketones is 1. The number of unbranched alkanes of at least 4 members (excludes halogenated alkanes) is 6. The Labute approximate surface area is 270 Å². The number of benzene rings is 2. The van der Waals surface area contributed by atoms with Crippen LogP contribution in [-0.2, 0) is 16.8 Å². The van der Waals surface area contributed by atoms with Crippen LogP contribution in [-0.4, -0.2) is 35.6 Å². The van der Waals surface area contributed by atoms with Gasteiger partial charge in [0.2, 0.25) is 11.3 Å². The number of ether oxygens (including phenoxy) is 1. The van der Waals surface area contributed by atoms with Crippen LogP contribution in [0.5, 0.6) is 5.75 Å². The van der Waals surface area contributed by atoms with E-state index in [-0.39, 0.29) is 17.1 Å². The first-order valence-corrected chi connectivity index (χ1v) is 17.0. The zero-order valence-electron chi connectivity index (χ0n) is 27.1. The predicted molar refractivity (Wildman–Crippen MR) is 181 cm³/mol. The van der Waals surface area contributed by atoms with E-state index in [0.717, 1.165) is 96.0 Å². The Balaban J connectivity index is 1.53. The Hall–Kier alpha value is -3.91. The van der Waals surface area contributed by atoms with Gasteiger partial charge in [-0.25, -0.2) is 4.79 Å². The number of aliphatic hydroxyl groups is 1. The number of nitrogens with zero attached hydrogens (tertiary/aromatic N) is 2. The van der Waals surface area contributed by atoms with E-state index in [4.69, 9.17) is 4.74 Å². The molecule has 0 atom stereocenters. The summed E-state index contributed by atoms with van der Waals surface area (Å²) >= 11 is 1.60. The van der Waals surface area contributed by atoms with Gasteiger partial charge in [0, 0.05) is 35.8 Å². The van der Waals surface area contributed by atoms with Gasteiger partial charge in [0.05, 0.1) is 29.9 Å². The Morgan fingerprint density at radius 1 is 1.00 bits per heavy atom. The smallest absolute Gasteiger partial charge is 0.335 e. The number of hydrogen-bond donors (Lipinski definition) is 2. The van der Waals surface area contributed by atoms with E-state index in [0.29, 0.717) is 11.1 Å². The third-order valence-corrected chi connectivity index (χ3v) is 10.2. The number of hydrogen-bond acceptors (Lipinski definition) is 6. The standard InChI is InChI=1S/C37H44N2O5S/c1-6-8-10-12-18-38-29-16-14-24(36(42)43)20-28(29)37(3,4)32(38)22-26-34(40)27(35(26)41)23-33-39(19-13-11-9-7-2)30-21-25(44-5)15-17-31(30)45-33/h14-17,20-23H,6-13,18-19H2,1-5H3,(H-,40,41,42,43)/p+1.